The molecule has 1 unspecified atom stereocenters. The topological polar surface area (TPSA) is 95.3 Å². The van der Waals surface area contributed by atoms with Gasteiger partial charge in [-0.15, -0.1) is 0 Å². The second-order valence-electron chi connectivity index (χ2n) is 10.0. The number of methoxy groups -OCH3 is 1. The van der Waals surface area contributed by atoms with Crippen LogP contribution in [0.1, 0.15) is 32.4 Å². The zero-order valence-electron chi connectivity index (χ0n) is 22.7. The summed E-state index contributed by atoms with van der Waals surface area (Å²) < 4.78 is 67.7. The van der Waals surface area contributed by atoms with Crippen molar-refractivity contribution in [2.24, 2.45) is 0 Å². The summed E-state index contributed by atoms with van der Waals surface area (Å²) in [6, 6.07) is 11.6. The van der Waals surface area contributed by atoms with Gasteiger partial charge in [0.25, 0.3) is 5.56 Å². The first-order valence-electron chi connectivity index (χ1n) is 12.5. The Labute approximate surface area is 242 Å². The largest absolute Gasteiger partial charge is 0.497 e. The molecule has 0 aliphatic rings. The molecule has 41 heavy (non-hydrogen) atoms. The molecule has 4 aromatic rings. The van der Waals surface area contributed by atoms with Crippen LogP contribution in [0.4, 0.5) is 13.2 Å². The second-order valence-corrected chi connectivity index (χ2v) is 12.4. The van der Waals surface area contributed by atoms with Crippen molar-refractivity contribution in [3.8, 4) is 22.8 Å². The number of nitrogens with zero attached hydrogens (tertiary/aromatic N) is 3. The SMILES string of the molecule is COc1ccc2c(OCCn3nc(-c4ccc([C@H](NS(=O)C(C)(C)C)C(F)(F)F)c(Cl)c4)ccc3=O)ccnc2c1. The highest BCUT2D eigenvalue weighted by Crippen LogP contribution is 2.38. The number of pyridine rings is 1. The average Bonchev–Trinajstić information content (AvgIpc) is 2.91. The van der Waals surface area contributed by atoms with Gasteiger partial charge in [-0.1, -0.05) is 23.7 Å². The maximum absolute atomic E-state index is 13.9. The van der Waals surface area contributed by atoms with Crippen LogP contribution >= 0.6 is 11.6 Å². The van der Waals surface area contributed by atoms with Crippen LogP contribution in [-0.2, 0) is 17.5 Å². The van der Waals surface area contributed by atoms with Gasteiger partial charge in [0.2, 0.25) is 0 Å². The van der Waals surface area contributed by atoms with Crippen molar-refractivity contribution in [1.82, 2.24) is 19.5 Å². The fourth-order valence-corrected chi connectivity index (χ4v) is 4.99. The molecule has 0 aliphatic heterocycles. The molecule has 0 bridgehead atoms. The third kappa shape index (κ3) is 7.24. The highest BCUT2D eigenvalue weighted by atomic mass is 35.5. The number of ether oxygens (including phenoxy) is 2. The molecule has 0 radical (unpaired) electrons. The van der Waals surface area contributed by atoms with Crippen LogP contribution in [0.3, 0.4) is 0 Å². The number of hydrogen-bond donors (Lipinski definition) is 1. The maximum atomic E-state index is 13.9. The second kappa shape index (κ2) is 12.2. The molecule has 2 heterocycles. The first-order valence-corrected chi connectivity index (χ1v) is 14.0. The van der Waals surface area contributed by atoms with Crippen molar-refractivity contribution < 1.29 is 26.9 Å². The fraction of sp³-hybridized carbons (Fsp3) is 0.321. The molecule has 1 N–H and O–H groups in total. The molecule has 0 amide bonds. The number of halogens is 4. The van der Waals surface area contributed by atoms with Gasteiger partial charge in [-0.2, -0.15) is 18.3 Å². The van der Waals surface area contributed by atoms with Gasteiger partial charge in [-0.25, -0.2) is 13.6 Å². The summed E-state index contributed by atoms with van der Waals surface area (Å²) in [6.45, 7) is 4.92. The van der Waals surface area contributed by atoms with E-state index in [1.54, 1.807) is 52.3 Å². The molecule has 0 spiro atoms. The molecule has 4 rings (SSSR count). The van der Waals surface area contributed by atoms with Gasteiger partial charge in [0, 0.05) is 34.3 Å². The number of alkyl halides is 3. The Morgan fingerprint density at radius 1 is 1.07 bits per heavy atom. The molecule has 2 aromatic carbocycles. The maximum Gasteiger partial charge on any atom is 0.408 e. The van der Waals surface area contributed by atoms with Crippen molar-refractivity contribution in [3.05, 3.63) is 81.7 Å². The van der Waals surface area contributed by atoms with Crippen LogP contribution < -0.4 is 19.8 Å². The molecule has 0 saturated carbocycles. The van der Waals surface area contributed by atoms with Crippen LogP contribution in [0.5, 0.6) is 11.5 Å². The summed E-state index contributed by atoms with van der Waals surface area (Å²) in [7, 11) is -0.431. The van der Waals surface area contributed by atoms with E-state index in [1.165, 1.54) is 35.0 Å². The van der Waals surface area contributed by atoms with Gasteiger partial charge in [-0.3, -0.25) is 9.78 Å². The van der Waals surface area contributed by atoms with Crippen LogP contribution in [0.15, 0.2) is 65.6 Å². The van der Waals surface area contributed by atoms with E-state index in [4.69, 9.17) is 21.1 Å². The molecule has 8 nitrogen and oxygen atoms in total. The summed E-state index contributed by atoms with van der Waals surface area (Å²) in [5.41, 5.74) is 0.765. The highest BCUT2D eigenvalue weighted by molar-refractivity contribution is 7.84. The molecule has 2 aromatic heterocycles. The number of hydrogen-bond acceptors (Lipinski definition) is 6. The van der Waals surface area contributed by atoms with Crippen molar-refractivity contribution >= 4 is 33.5 Å². The number of rotatable bonds is 9. The lowest BCUT2D eigenvalue weighted by Gasteiger charge is -2.27. The molecular formula is C28H28ClF3N4O4S. The van der Waals surface area contributed by atoms with E-state index < -0.39 is 28.0 Å². The predicted molar refractivity (Wildman–Crippen MR) is 153 cm³/mol. The molecule has 0 aliphatic carbocycles. The zero-order valence-corrected chi connectivity index (χ0v) is 24.2. The summed E-state index contributed by atoms with van der Waals surface area (Å²) in [6.07, 6.45) is -3.14. The van der Waals surface area contributed by atoms with Crippen molar-refractivity contribution in [1.29, 1.82) is 0 Å². The Morgan fingerprint density at radius 2 is 1.83 bits per heavy atom. The fourth-order valence-electron chi connectivity index (χ4n) is 3.87. The number of aromatic nitrogens is 3. The van der Waals surface area contributed by atoms with E-state index in [2.05, 4.69) is 14.8 Å². The minimum Gasteiger partial charge on any atom is -0.497 e. The molecule has 13 heteroatoms. The summed E-state index contributed by atoms with van der Waals surface area (Å²) in [4.78, 5) is 16.8. The van der Waals surface area contributed by atoms with E-state index >= 15 is 0 Å². The van der Waals surface area contributed by atoms with Gasteiger partial charge >= 0.3 is 6.18 Å². The van der Waals surface area contributed by atoms with Gasteiger partial charge in [-0.05, 0) is 56.7 Å². The number of nitrogens with one attached hydrogen (secondary N) is 1. The lowest BCUT2D eigenvalue weighted by molar-refractivity contribution is -0.152. The third-order valence-electron chi connectivity index (χ3n) is 6.05. The molecule has 2 atom stereocenters. The zero-order chi connectivity index (χ0) is 29.9. The Kier molecular flexibility index (Phi) is 9.05. The third-order valence-corrected chi connectivity index (χ3v) is 7.94. The van der Waals surface area contributed by atoms with Gasteiger partial charge in [0.05, 0.1) is 40.6 Å². The van der Waals surface area contributed by atoms with Crippen LogP contribution in [0, 0.1) is 0 Å². The van der Waals surface area contributed by atoms with E-state index in [-0.39, 0.29) is 29.3 Å². The Bertz CT molecular complexity index is 1640. The Morgan fingerprint density at radius 3 is 2.49 bits per heavy atom. The van der Waals surface area contributed by atoms with Crippen molar-refractivity contribution in [2.45, 2.75) is 44.3 Å². The van der Waals surface area contributed by atoms with Gasteiger partial charge < -0.3 is 9.47 Å². The molecular weight excluding hydrogens is 581 g/mol. The van der Waals surface area contributed by atoms with Crippen molar-refractivity contribution in [2.75, 3.05) is 13.7 Å². The quantitative estimate of drug-likeness (QED) is 0.256. The standard InChI is InChI=1S/C28H28ClF3N4O4S/c1-27(2,3)41(38)35-26(28(30,31)32)19-7-5-17(15-21(19)29)22-9-10-25(37)36(34-22)13-14-40-24-11-12-33-23-16-18(39-4)6-8-20(23)24/h5-12,15-16,26,35H,13-14H2,1-4H3/t26-,41?/m0/s1. The summed E-state index contributed by atoms with van der Waals surface area (Å²) in [5, 5.41) is 4.94. The van der Waals surface area contributed by atoms with E-state index in [0.29, 0.717) is 28.3 Å². The predicted octanol–water partition coefficient (Wildman–Crippen LogP) is 5.85. The van der Waals surface area contributed by atoms with Crippen LogP contribution in [0.25, 0.3) is 22.2 Å². The minimum atomic E-state index is -4.75. The smallest absolute Gasteiger partial charge is 0.408 e. The lowest BCUT2D eigenvalue weighted by Crippen LogP contribution is -2.41. The first kappa shape index (κ1) is 30.5. The van der Waals surface area contributed by atoms with Crippen LogP contribution in [0.2, 0.25) is 5.02 Å². The minimum absolute atomic E-state index is 0.108. The normalized spacial score (nSPS) is 13.7. The van der Waals surface area contributed by atoms with E-state index in [9.17, 15) is 22.2 Å². The van der Waals surface area contributed by atoms with Gasteiger partial charge in [0.1, 0.15) is 24.1 Å². The highest BCUT2D eigenvalue weighted by Gasteiger charge is 2.44. The first-order chi connectivity index (χ1) is 19.3. The average molecular weight is 609 g/mol. The van der Waals surface area contributed by atoms with Crippen LogP contribution in [-0.4, -0.2) is 43.6 Å². The molecule has 0 saturated heterocycles. The Hall–Kier alpha value is -3.48. The molecule has 0 fully saturated rings. The van der Waals surface area contributed by atoms with E-state index in [1.807, 2.05) is 6.07 Å². The number of fused-ring (bicyclic) bond motifs is 1. The Balaban J connectivity index is 1.53. The summed E-state index contributed by atoms with van der Waals surface area (Å²) >= 11 is 6.30. The van der Waals surface area contributed by atoms with Gasteiger partial charge in [0.15, 0.2) is 0 Å². The van der Waals surface area contributed by atoms with Crippen molar-refractivity contribution in [3.63, 3.8) is 0 Å². The lowest BCUT2D eigenvalue weighted by atomic mass is 10.0. The van der Waals surface area contributed by atoms with E-state index in [0.717, 1.165) is 5.39 Å². The monoisotopic (exact) mass is 608 g/mol. The summed E-state index contributed by atoms with van der Waals surface area (Å²) in [5.74, 6) is 1.23. The number of benzene rings is 2. The molecule has 218 valence electrons.